The van der Waals surface area contributed by atoms with Crippen molar-refractivity contribution in [3.63, 3.8) is 0 Å². The minimum Gasteiger partial charge on any atom is -0.444 e. The molecule has 3 rings (SSSR count). The molecule has 1 heterocycles. The number of fused-ring (bicyclic) bond motifs is 1. The number of imidazole rings is 1. The topological polar surface area (TPSA) is 96.1 Å². The number of aromatic nitrogens is 2. The van der Waals surface area contributed by atoms with Crippen molar-refractivity contribution in [3.05, 3.63) is 48.5 Å². The second-order valence-corrected chi connectivity index (χ2v) is 7.54. The first-order valence-corrected chi connectivity index (χ1v) is 9.07. The molecule has 7 heteroatoms. The van der Waals surface area contributed by atoms with E-state index in [-0.39, 0.29) is 5.91 Å². The van der Waals surface area contributed by atoms with Crippen LogP contribution in [0.1, 0.15) is 27.7 Å². The zero-order valence-electron chi connectivity index (χ0n) is 16.4. The molecule has 0 aliphatic rings. The highest BCUT2D eigenvalue weighted by atomic mass is 16.6. The minimum absolute atomic E-state index is 0.331. The van der Waals surface area contributed by atoms with Gasteiger partial charge < -0.3 is 20.4 Å². The maximum absolute atomic E-state index is 12.3. The average Bonchev–Trinajstić information content (AvgIpc) is 3.04. The summed E-state index contributed by atoms with van der Waals surface area (Å²) in [4.78, 5) is 31.9. The molecular weight excluding hydrogens is 356 g/mol. The Labute approximate surface area is 163 Å². The van der Waals surface area contributed by atoms with Crippen molar-refractivity contribution in [2.75, 3.05) is 5.32 Å². The van der Waals surface area contributed by atoms with Gasteiger partial charge in [0.25, 0.3) is 0 Å². The Morgan fingerprint density at radius 3 is 2.39 bits per heavy atom. The van der Waals surface area contributed by atoms with E-state index in [0.717, 1.165) is 22.4 Å². The Hall–Kier alpha value is -3.35. The number of rotatable bonds is 4. The number of hydrogen-bond acceptors (Lipinski definition) is 4. The molecule has 7 nitrogen and oxygen atoms in total. The number of benzene rings is 2. The summed E-state index contributed by atoms with van der Waals surface area (Å²) in [6, 6.07) is 14.4. The maximum atomic E-state index is 12.3. The number of carbonyl (C=O) groups excluding carboxylic acids is 2. The maximum Gasteiger partial charge on any atom is 0.408 e. The molecule has 146 valence electrons. The lowest BCUT2D eigenvalue weighted by Crippen LogP contribution is -2.43. The molecule has 0 fully saturated rings. The summed E-state index contributed by atoms with van der Waals surface area (Å²) in [5, 5.41) is 5.30. The van der Waals surface area contributed by atoms with E-state index in [1.165, 1.54) is 0 Å². The first-order valence-electron chi connectivity index (χ1n) is 9.07. The fourth-order valence-electron chi connectivity index (χ4n) is 2.60. The molecule has 0 aliphatic carbocycles. The van der Waals surface area contributed by atoms with Crippen molar-refractivity contribution >= 4 is 28.7 Å². The van der Waals surface area contributed by atoms with E-state index in [1.54, 1.807) is 39.8 Å². The van der Waals surface area contributed by atoms with Gasteiger partial charge in [-0.1, -0.05) is 12.1 Å². The standard InChI is InChI=1S/C21H24N4O3/c1-13(22-20(27)28-21(2,3)4)19(26)23-15-11-9-14(10-12-15)18-24-16-7-5-6-8-17(16)25-18/h5-13H,1-4H3,(H,22,27)(H,23,26)(H,24,25). The third-order valence-corrected chi connectivity index (χ3v) is 3.94. The summed E-state index contributed by atoms with van der Waals surface area (Å²) in [6.45, 7) is 6.89. The lowest BCUT2D eigenvalue weighted by Gasteiger charge is -2.21. The third-order valence-electron chi connectivity index (χ3n) is 3.94. The fraction of sp³-hybridized carbons (Fsp3) is 0.286. The van der Waals surface area contributed by atoms with Crippen LogP contribution < -0.4 is 10.6 Å². The van der Waals surface area contributed by atoms with Gasteiger partial charge in [-0.25, -0.2) is 9.78 Å². The lowest BCUT2D eigenvalue weighted by atomic mass is 10.2. The van der Waals surface area contributed by atoms with Crippen LogP contribution in [0.3, 0.4) is 0 Å². The second-order valence-electron chi connectivity index (χ2n) is 7.54. The predicted octanol–water partition coefficient (Wildman–Crippen LogP) is 4.08. The number of ether oxygens (including phenoxy) is 1. The number of alkyl carbamates (subject to hydrolysis) is 1. The number of hydrogen-bond donors (Lipinski definition) is 3. The van der Waals surface area contributed by atoms with Crippen molar-refractivity contribution < 1.29 is 14.3 Å². The van der Waals surface area contributed by atoms with Crippen molar-refractivity contribution in [2.24, 2.45) is 0 Å². The van der Waals surface area contributed by atoms with E-state index in [9.17, 15) is 9.59 Å². The number of anilines is 1. The molecule has 0 bridgehead atoms. The average molecular weight is 380 g/mol. The zero-order valence-corrected chi connectivity index (χ0v) is 16.4. The molecule has 1 atom stereocenters. The van der Waals surface area contributed by atoms with Crippen LogP contribution in [0, 0.1) is 0 Å². The molecule has 0 saturated carbocycles. The first kappa shape index (κ1) is 19.4. The van der Waals surface area contributed by atoms with Crippen LogP contribution in [-0.2, 0) is 9.53 Å². The van der Waals surface area contributed by atoms with Gasteiger partial charge >= 0.3 is 6.09 Å². The Morgan fingerprint density at radius 1 is 1.07 bits per heavy atom. The number of carbonyl (C=O) groups is 2. The van der Waals surface area contributed by atoms with Crippen molar-refractivity contribution in [1.82, 2.24) is 15.3 Å². The zero-order chi connectivity index (χ0) is 20.3. The normalized spacial score (nSPS) is 12.4. The van der Waals surface area contributed by atoms with Gasteiger partial charge in [0, 0.05) is 11.3 Å². The van der Waals surface area contributed by atoms with E-state index >= 15 is 0 Å². The van der Waals surface area contributed by atoms with E-state index in [0.29, 0.717) is 5.69 Å². The van der Waals surface area contributed by atoms with Crippen LogP contribution in [0.5, 0.6) is 0 Å². The number of para-hydroxylation sites is 2. The second kappa shape index (κ2) is 7.72. The number of aromatic amines is 1. The van der Waals surface area contributed by atoms with Crippen LogP contribution in [0.15, 0.2) is 48.5 Å². The van der Waals surface area contributed by atoms with Crippen molar-refractivity contribution in [3.8, 4) is 11.4 Å². The number of amides is 2. The molecular formula is C21H24N4O3. The molecule has 0 radical (unpaired) electrons. The number of nitrogens with one attached hydrogen (secondary N) is 3. The van der Waals surface area contributed by atoms with Gasteiger partial charge in [0.15, 0.2) is 0 Å². The van der Waals surface area contributed by atoms with Gasteiger partial charge in [-0.15, -0.1) is 0 Å². The largest absolute Gasteiger partial charge is 0.444 e. The summed E-state index contributed by atoms with van der Waals surface area (Å²) in [6.07, 6.45) is -0.629. The monoisotopic (exact) mass is 380 g/mol. The fourth-order valence-corrected chi connectivity index (χ4v) is 2.60. The lowest BCUT2D eigenvalue weighted by molar-refractivity contribution is -0.117. The van der Waals surface area contributed by atoms with E-state index < -0.39 is 17.7 Å². The molecule has 3 N–H and O–H groups in total. The molecule has 0 saturated heterocycles. The van der Waals surface area contributed by atoms with Crippen LogP contribution in [0.2, 0.25) is 0 Å². The van der Waals surface area contributed by atoms with Crippen LogP contribution in [0.4, 0.5) is 10.5 Å². The SMILES string of the molecule is CC(NC(=O)OC(C)(C)C)C(=O)Nc1ccc(-c2nc3ccccc3[nH]2)cc1. The summed E-state index contributed by atoms with van der Waals surface area (Å²) in [5.41, 5.74) is 2.79. The Kier molecular flexibility index (Phi) is 5.35. The van der Waals surface area contributed by atoms with Gasteiger partial charge in [0.2, 0.25) is 5.91 Å². The Bertz CT molecular complexity index is 954. The van der Waals surface area contributed by atoms with Gasteiger partial charge in [-0.2, -0.15) is 0 Å². The first-order chi connectivity index (χ1) is 13.2. The van der Waals surface area contributed by atoms with E-state index in [1.807, 2.05) is 36.4 Å². The highest BCUT2D eigenvalue weighted by Crippen LogP contribution is 2.22. The quantitative estimate of drug-likeness (QED) is 0.635. The van der Waals surface area contributed by atoms with Crippen LogP contribution in [0.25, 0.3) is 22.4 Å². The van der Waals surface area contributed by atoms with E-state index in [4.69, 9.17) is 4.74 Å². The number of H-pyrrole nitrogens is 1. The van der Waals surface area contributed by atoms with E-state index in [2.05, 4.69) is 20.6 Å². The molecule has 2 aromatic carbocycles. The molecule has 3 aromatic rings. The molecule has 0 spiro atoms. The predicted molar refractivity (Wildman–Crippen MR) is 109 cm³/mol. The summed E-state index contributed by atoms with van der Waals surface area (Å²) < 4.78 is 5.16. The highest BCUT2D eigenvalue weighted by Gasteiger charge is 2.21. The van der Waals surface area contributed by atoms with Gasteiger partial charge in [-0.3, -0.25) is 4.79 Å². The molecule has 1 aromatic heterocycles. The van der Waals surface area contributed by atoms with Crippen molar-refractivity contribution in [1.29, 1.82) is 0 Å². The molecule has 1 unspecified atom stereocenters. The Morgan fingerprint density at radius 2 is 1.75 bits per heavy atom. The third kappa shape index (κ3) is 4.88. The minimum atomic E-state index is -0.732. The summed E-state index contributed by atoms with van der Waals surface area (Å²) in [7, 11) is 0. The molecule has 28 heavy (non-hydrogen) atoms. The Balaban J connectivity index is 1.62. The summed E-state index contributed by atoms with van der Waals surface area (Å²) >= 11 is 0. The highest BCUT2D eigenvalue weighted by molar-refractivity contribution is 5.96. The van der Waals surface area contributed by atoms with Crippen LogP contribution >= 0.6 is 0 Å². The smallest absolute Gasteiger partial charge is 0.408 e. The summed E-state index contributed by atoms with van der Waals surface area (Å²) in [5.74, 6) is 0.432. The van der Waals surface area contributed by atoms with Gasteiger partial charge in [0.1, 0.15) is 17.5 Å². The van der Waals surface area contributed by atoms with Gasteiger partial charge in [-0.05, 0) is 64.1 Å². The van der Waals surface area contributed by atoms with Crippen LogP contribution in [-0.4, -0.2) is 33.6 Å². The van der Waals surface area contributed by atoms with Gasteiger partial charge in [0.05, 0.1) is 11.0 Å². The molecule has 2 amide bonds. The molecule has 0 aliphatic heterocycles. The number of nitrogens with zero attached hydrogens (tertiary/aromatic N) is 1. The van der Waals surface area contributed by atoms with Crippen molar-refractivity contribution in [2.45, 2.75) is 39.3 Å².